The van der Waals surface area contributed by atoms with Gasteiger partial charge in [-0.05, 0) is 102 Å². The van der Waals surface area contributed by atoms with Crippen LogP contribution in [-0.2, 0) is 42.1 Å². The average molecular weight is 678 g/mol. The van der Waals surface area contributed by atoms with Crippen LogP contribution in [0.25, 0.3) is 0 Å². The van der Waals surface area contributed by atoms with Crippen molar-refractivity contribution >= 4 is 13.7 Å². The normalized spacial score (nSPS) is 17.3. The number of nitrogens with zero attached hydrogens (tertiary/aromatic N) is 1. The second kappa shape index (κ2) is 14.4. The molecular weight excluding hydrogens is 634 g/mol. The van der Waals surface area contributed by atoms with Crippen molar-refractivity contribution in [1.29, 1.82) is 0 Å². The zero-order valence-corrected chi connectivity index (χ0v) is 28.7. The first kappa shape index (κ1) is 36.5. The fourth-order valence-electron chi connectivity index (χ4n) is 4.79. The van der Waals surface area contributed by atoms with Gasteiger partial charge in [0.1, 0.15) is 36.0 Å². The maximum Gasteiger partial charge on any atom is 0.475 e. The fourth-order valence-corrected chi connectivity index (χ4v) is 6.68. The number of rotatable bonds is 13. The molecule has 1 aliphatic rings. The lowest BCUT2D eigenvalue weighted by molar-refractivity contribution is -0.139. The Bertz CT molecular complexity index is 1560. The summed E-state index contributed by atoms with van der Waals surface area (Å²) in [4.78, 5) is 4.60. The number of alkyl halides is 3. The summed E-state index contributed by atoms with van der Waals surface area (Å²) in [7, 11) is -4.06. The smallest absolute Gasteiger partial charge is 0.475 e. The van der Waals surface area contributed by atoms with Crippen LogP contribution in [0.3, 0.4) is 0 Å². The molecule has 0 spiro atoms. The number of hydrogen-bond acceptors (Lipinski definition) is 8. The van der Waals surface area contributed by atoms with Crippen LogP contribution in [0.4, 0.5) is 13.2 Å². The van der Waals surface area contributed by atoms with E-state index in [1.54, 1.807) is 78.8 Å². The summed E-state index contributed by atoms with van der Waals surface area (Å²) in [6.07, 6.45) is -4.20. The topological polar surface area (TPSA) is 84.8 Å². The molecule has 0 aromatic heterocycles. The Labute approximate surface area is 274 Å². The van der Waals surface area contributed by atoms with E-state index in [1.165, 1.54) is 6.07 Å². The highest BCUT2D eigenvalue weighted by molar-refractivity contribution is 7.48. The Hall–Kier alpha value is -3.37. The van der Waals surface area contributed by atoms with Crippen LogP contribution in [0.2, 0.25) is 0 Å². The molecule has 8 nitrogen and oxygen atoms in total. The number of aryl methyl sites for hydroxylation is 1. The first-order valence-electron chi connectivity index (χ1n) is 15.3. The van der Waals surface area contributed by atoms with Crippen LogP contribution in [0.1, 0.15) is 71.6 Å². The van der Waals surface area contributed by atoms with Gasteiger partial charge in [0.25, 0.3) is 0 Å². The van der Waals surface area contributed by atoms with Crippen molar-refractivity contribution in [1.82, 2.24) is 0 Å². The van der Waals surface area contributed by atoms with Gasteiger partial charge in [0.2, 0.25) is 0 Å². The fraction of sp³-hybridized carbons (Fsp3) is 0.457. The van der Waals surface area contributed by atoms with E-state index in [0.717, 1.165) is 6.07 Å². The molecule has 0 N–H and O–H groups in total. The van der Waals surface area contributed by atoms with Gasteiger partial charge in [0.05, 0.1) is 23.4 Å². The van der Waals surface area contributed by atoms with Gasteiger partial charge in [-0.2, -0.15) is 13.2 Å². The second-order valence-corrected chi connectivity index (χ2v) is 15.0. The lowest BCUT2D eigenvalue weighted by atomic mass is 9.93. The summed E-state index contributed by atoms with van der Waals surface area (Å²) in [5.41, 5.74) is -2.51. The van der Waals surface area contributed by atoms with E-state index in [1.807, 2.05) is 30.3 Å². The van der Waals surface area contributed by atoms with E-state index < -0.39 is 36.3 Å². The quantitative estimate of drug-likeness (QED) is 0.167. The molecule has 0 aliphatic carbocycles. The van der Waals surface area contributed by atoms with E-state index in [2.05, 4.69) is 4.99 Å². The van der Waals surface area contributed by atoms with Crippen LogP contribution >= 0.6 is 7.82 Å². The van der Waals surface area contributed by atoms with Crippen LogP contribution < -0.4 is 9.47 Å². The highest BCUT2D eigenvalue weighted by Gasteiger charge is 2.43. The molecule has 1 heterocycles. The molecule has 0 fully saturated rings. The van der Waals surface area contributed by atoms with Crippen molar-refractivity contribution in [3.05, 3.63) is 89.5 Å². The Morgan fingerprint density at radius 3 is 2.11 bits per heavy atom. The van der Waals surface area contributed by atoms with Crippen LogP contribution in [0.15, 0.2) is 77.8 Å². The lowest BCUT2D eigenvalue weighted by Crippen LogP contribution is -2.36. The maximum absolute atomic E-state index is 14.2. The van der Waals surface area contributed by atoms with E-state index in [-0.39, 0.29) is 38.4 Å². The summed E-state index contributed by atoms with van der Waals surface area (Å²) in [6.45, 7) is 11.9. The van der Waals surface area contributed by atoms with E-state index in [4.69, 9.17) is 27.8 Å². The lowest BCUT2D eigenvalue weighted by Gasteiger charge is -2.33. The number of aliphatic imine (C=N–C) groups is 1. The van der Waals surface area contributed by atoms with Crippen LogP contribution in [-0.4, -0.2) is 35.9 Å². The number of phosphoric acid groups is 1. The standard InChI is InChI=1S/C35H43F3NO7P/c1-25-39-34(23-42-25,24-43-47(40,45-32(2,3)4)46-33(5,6)7)19-18-26-16-17-31(30(21-26)35(36,37)38)41-22-27-12-11-15-29(20-27)44-28-13-9-8-10-14-28/h8-17,20-21H,18-19,22-24H2,1-7H3. The number of phosphoric ester groups is 1. The number of para-hydroxylation sites is 1. The van der Waals surface area contributed by atoms with Crippen molar-refractivity contribution < 1.29 is 45.5 Å². The first-order valence-corrected chi connectivity index (χ1v) is 16.8. The minimum atomic E-state index is -4.66. The number of benzene rings is 3. The van der Waals surface area contributed by atoms with Crippen LogP contribution in [0.5, 0.6) is 17.2 Å². The average Bonchev–Trinajstić information content (AvgIpc) is 3.33. The first-order chi connectivity index (χ1) is 21.8. The summed E-state index contributed by atoms with van der Waals surface area (Å²) in [5.74, 6) is 1.30. The molecule has 1 atom stereocenters. The van der Waals surface area contributed by atoms with E-state index >= 15 is 0 Å². The molecule has 0 amide bonds. The molecular formula is C35H43F3NO7P. The van der Waals surface area contributed by atoms with E-state index in [9.17, 15) is 17.7 Å². The van der Waals surface area contributed by atoms with Gasteiger partial charge in [0.15, 0.2) is 5.90 Å². The molecule has 0 radical (unpaired) electrons. The third-order valence-electron chi connectivity index (χ3n) is 6.71. The minimum Gasteiger partial charge on any atom is -0.488 e. The summed E-state index contributed by atoms with van der Waals surface area (Å²) < 4.78 is 90.8. The van der Waals surface area contributed by atoms with Crippen molar-refractivity contribution in [2.45, 2.75) is 90.8 Å². The van der Waals surface area contributed by atoms with Gasteiger partial charge in [0, 0.05) is 6.92 Å². The van der Waals surface area contributed by atoms with E-state index in [0.29, 0.717) is 28.5 Å². The Morgan fingerprint density at radius 1 is 0.851 bits per heavy atom. The SMILES string of the molecule is CC1=NC(CCc2ccc(OCc3cccc(Oc4ccccc4)c3)c(C(F)(F)F)c2)(COP(=O)(OC(C)(C)C)OC(C)(C)C)CO1. The van der Waals surface area contributed by atoms with Crippen molar-refractivity contribution in [2.24, 2.45) is 4.99 Å². The molecule has 0 saturated carbocycles. The number of ether oxygens (including phenoxy) is 3. The molecule has 3 aromatic carbocycles. The number of halogens is 3. The molecule has 4 rings (SSSR count). The van der Waals surface area contributed by atoms with Crippen molar-refractivity contribution in [2.75, 3.05) is 13.2 Å². The molecule has 256 valence electrons. The molecule has 0 saturated heterocycles. The Morgan fingerprint density at radius 2 is 1.51 bits per heavy atom. The highest BCUT2D eigenvalue weighted by Crippen LogP contribution is 2.56. The van der Waals surface area contributed by atoms with Crippen LogP contribution in [0, 0.1) is 0 Å². The molecule has 1 aliphatic heterocycles. The zero-order valence-electron chi connectivity index (χ0n) is 27.8. The molecule has 1 unspecified atom stereocenters. The van der Waals surface area contributed by atoms with Gasteiger partial charge >= 0.3 is 14.0 Å². The maximum atomic E-state index is 14.2. The summed E-state index contributed by atoms with van der Waals surface area (Å²) in [5, 5.41) is 0. The largest absolute Gasteiger partial charge is 0.488 e. The monoisotopic (exact) mass is 677 g/mol. The van der Waals surface area contributed by atoms with Gasteiger partial charge in [-0.3, -0.25) is 13.6 Å². The molecule has 12 heteroatoms. The Kier molecular flexibility index (Phi) is 11.2. The summed E-state index contributed by atoms with van der Waals surface area (Å²) in [6, 6.07) is 20.2. The van der Waals surface area contributed by atoms with Gasteiger partial charge in [-0.25, -0.2) is 9.56 Å². The van der Waals surface area contributed by atoms with Gasteiger partial charge < -0.3 is 14.2 Å². The number of hydrogen-bond donors (Lipinski definition) is 0. The van der Waals surface area contributed by atoms with Crippen molar-refractivity contribution in [3.63, 3.8) is 0 Å². The zero-order chi connectivity index (χ0) is 34.5. The Balaban J connectivity index is 1.47. The second-order valence-electron chi connectivity index (χ2n) is 13.5. The predicted molar refractivity (Wildman–Crippen MR) is 174 cm³/mol. The molecule has 47 heavy (non-hydrogen) atoms. The van der Waals surface area contributed by atoms with Crippen molar-refractivity contribution in [3.8, 4) is 17.2 Å². The minimum absolute atomic E-state index is 0.0898. The highest BCUT2D eigenvalue weighted by atomic mass is 31.2. The van der Waals surface area contributed by atoms with Gasteiger partial charge in [-0.1, -0.05) is 36.4 Å². The molecule has 3 aromatic rings. The van der Waals surface area contributed by atoms with Gasteiger partial charge in [-0.15, -0.1) is 0 Å². The third kappa shape index (κ3) is 11.4. The predicted octanol–water partition coefficient (Wildman–Crippen LogP) is 9.95. The summed E-state index contributed by atoms with van der Waals surface area (Å²) >= 11 is 0. The molecule has 0 bridgehead atoms. The third-order valence-corrected chi connectivity index (χ3v) is 8.70.